The van der Waals surface area contributed by atoms with E-state index in [2.05, 4.69) is 10.2 Å². The van der Waals surface area contributed by atoms with E-state index in [0.717, 1.165) is 18.4 Å². The number of hydrogen-bond acceptors (Lipinski definition) is 4. The van der Waals surface area contributed by atoms with Crippen LogP contribution in [0.15, 0.2) is 33.0 Å². The van der Waals surface area contributed by atoms with E-state index in [-0.39, 0.29) is 23.6 Å². The third kappa shape index (κ3) is 3.03. The minimum atomic E-state index is -0.309. The monoisotopic (exact) mass is 308 g/mol. The molecule has 1 heterocycles. The zero-order valence-corrected chi connectivity index (χ0v) is 12.5. The highest BCUT2D eigenvalue weighted by Gasteiger charge is 2.29. The fourth-order valence-corrected chi connectivity index (χ4v) is 3.34. The summed E-state index contributed by atoms with van der Waals surface area (Å²) >= 11 is 1.19. The van der Waals surface area contributed by atoms with E-state index >= 15 is 0 Å². The number of H-pyrrole nitrogens is 1. The molecule has 1 aromatic carbocycles. The number of hydrogen-bond donors (Lipinski definition) is 2. The van der Waals surface area contributed by atoms with Crippen LogP contribution in [-0.4, -0.2) is 20.8 Å². The van der Waals surface area contributed by atoms with Crippen molar-refractivity contribution >= 4 is 11.8 Å². The lowest BCUT2D eigenvalue weighted by molar-refractivity contribution is 0.590. The third-order valence-corrected chi connectivity index (χ3v) is 4.50. The van der Waals surface area contributed by atoms with Crippen molar-refractivity contribution in [3.8, 4) is 0 Å². The predicted octanol–water partition coefficient (Wildman–Crippen LogP) is 2.09. The maximum atomic E-state index is 14.2. The summed E-state index contributed by atoms with van der Waals surface area (Å²) in [4.78, 5) is 12.3. The van der Waals surface area contributed by atoms with Crippen LogP contribution >= 0.6 is 11.8 Å². The van der Waals surface area contributed by atoms with E-state index in [9.17, 15) is 9.18 Å². The predicted molar refractivity (Wildman–Crippen MR) is 79.0 cm³/mol. The molecule has 1 aliphatic carbocycles. The van der Waals surface area contributed by atoms with Crippen LogP contribution < -0.4 is 11.4 Å². The second-order valence-electron chi connectivity index (χ2n) is 5.42. The smallest absolute Gasteiger partial charge is 0.328 e. The van der Waals surface area contributed by atoms with Crippen molar-refractivity contribution in [2.24, 2.45) is 5.73 Å². The number of aromatic nitrogens is 3. The largest absolute Gasteiger partial charge is 0.344 e. The van der Waals surface area contributed by atoms with Crippen LogP contribution in [0.3, 0.4) is 0 Å². The number of rotatable bonds is 5. The van der Waals surface area contributed by atoms with E-state index in [1.165, 1.54) is 17.8 Å². The van der Waals surface area contributed by atoms with Crippen molar-refractivity contribution < 1.29 is 4.39 Å². The Kier molecular flexibility index (Phi) is 3.86. The highest BCUT2D eigenvalue weighted by molar-refractivity contribution is 7.99. The first kappa shape index (κ1) is 14.3. The first-order valence-electron chi connectivity index (χ1n) is 6.94. The van der Waals surface area contributed by atoms with Crippen LogP contribution in [0, 0.1) is 5.82 Å². The molecule has 1 aliphatic rings. The number of halogens is 1. The van der Waals surface area contributed by atoms with Gasteiger partial charge in [0.2, 0.25) is 0 Å². The van der Waals surface area contributed by atoms with Crippen molar-refractivity contribution in [2.45, 2.75) is 48.3 Å². The highest BCUT2D eigenvalue weighted by atomic mass is 32.2. The summed E-state index contributed by atoms with van der Waals surface area (Å²) in [6.07, 6.45) is 2.52. The van der Waals surface area contributed by atoms with E-state index in [1.807, 2.05) is 13.0 Å². The Labute approximate surface area is 125 Å². The van der Waals surface area contributed by atoms with E-state index in [1.54, 1.807) is 10.6 Å². The van der Waals surface area contributed by atoms with Gasteiger partial charge >= 0.3 is 5.69 Å². The summed E-state index contributed by atoms with van der Waals surface area (Å²) in [5.41, 5.74) is 6.43. The van der Waals surface area contributed by atoms with Gasteiger partial charge in [0.15, 0.2) is 5.16 Å². The van der Waals surface area contributed by atoms with Crippen LogP contribution in [0.25, 0.3) is 0 Å². The first-order valence-corrected chi connectivity index (χ1v) is 7.75. The maximum absolute atomic E-state index is 14.2. The second kappa shape index (κ2) is 5.65. The Bertz CT molecular complexity index is 705. The van der Waals surface area contributed by atoms with Crippen molar-refractivity contribution in [3.05, 3.63) is 40.1 Å². The van der Waals surface area contributed by atoms with Crippen LogP contribution in [0.5, 0.6) is 0 Å². The summed E-state index contributed by atoms with van der Waals surface area (Å²) < 4.78 is 15.8. The Morgan fingerprint density at radius 1 is 1.57 bits per heavy atom. The van der Waals surface area contributed by atoms with E-state index in [0.29, 0.717) is 16.5 Å². The van der Waals surface area contributed by atoms with Crippen LogP contribution in [0.1, 0.15) is 31.4 Å². The van der Waals surface area contributed by atoms with Crippen LogP contribution in [0.2, 0.25) is 0 Å². The molecule has 1 atom stereocenters. The van der Waals surface area contributed by atoms with Crippen LogP contribution in [-0.2, 0) is 6.42 Å². The molecule has 7 heteroatoms. The molecule has 0 aliphatic heterocycles. The van der Waals surface area contributed by atoms with Crippen molar-refractivity contribution in [2.75, 3.05) is 0 Å². The molecule has 1 unspecified atom stereocenters. The molecule has 21 heavy (non-hydrogen) atoms. The molecular weight excluding hydrogens is 291 g/mol. The van der Waals surface area contributed by atoms with Crippen LogP contribution in [0.4, 0.5) is 4.39 Å². The molecule has 3 rings (SSSR count). The normalized spacial score (nSPS) is 16.1. The van der Waals surface area contributed by atoms with Gasteiger partial charge in [-0.25, -0.2) is 14.3 Å². The molecule has 5 nitrogen and oxygen atoms in total. The third-order valence-electron chi connectivity index (χ3n) is 3.37. The van der Waals surface area contributed by atoms with Crippen molar-refractivity contribution in [1.82, 2.24) is 14.8 Å². The van der Waals surface area contributed by atoms with Gasteiger partial charge in [-0.3, -0.25) is 4.57 Å². The fraction of sp³-hybridized carbons (Fsp3) is 0.429. The molecule has 112 valence electrons. The van der Waals surface area contributed by atoms with Gasteiger partial charge in [-0.15, -0.1) is 5.10 Å². The van der Waals surface area contributed by atoms with Crippen molar-refractivity contribution in [3.63, 3.8) is 0 Å². The standard InChI is InChI=1S/C14H17FN4OS/c1-8(16)7-9-3-2-4-11(15)12(9)21-14-18-17-13(20)19(14)10-5-6-10/h2-4,8,10H,5-7,16H2,1H3,(H,17,20). The molecule has 0 amide bonds. The van der Waals surface area contributed by atoms with Gasteiger partial charge in [0.05, 0.1) is 4.90 Å². The van der Waals surface area contributed by atoms with E-state index in [4.69, 9.17) is 5.73 Å². The Morgan fingerprint density at radius 2 is 2.33 bits per heavy atom. The molecule has 1 aromatic heterocycles. The molecule has 0 radical (unpaired) electrons. The molecule has 1 saturated carbocycles. The molecule has 0 spiro atoms. The van der Waals surface area contributed by atoms with Gasteiger partial charge in [0, 0.05) is 12.1 Å². The average molecular weight is 308 g/mol. The average Bonchev–Trinajstić information content (AvgIpc) is 3.18. The summed E-state index contributed by atoms with van der Waals surface area (Å²) in [6, 6.07) is 5.09. The Balaban J connectivity index is 1.96. The summed E-state index contributed by atoms with van der Waals surface area (Å²) in [6.45, 7) is 1.88. The van der Waals surface area contributed by atoms with Gasteiger partial charge in [-0.05, 0) is 49.6 Å². The lowest BCUT2D eigenvalue weighted by Gasteiger charge is -2.12. The van der Waals surface area contributed by atoms with Gasteiger partial charge in [0.1, 0.15) is 5.82 Å². The molecule has 0 bridgehead atoms. The van der Waals surface area contributed by atoms with Gasteiger partial charge in [0.25, 0.3) is 0 Å². The molecule has 3 N–H and O–H groups in total. The zero-order valence-electron chi connectivity index (χ0n) is 11.7. The Hall–Kier alpha value is -1.60. The topological polar surface area (TPSA) is 76.7 Å². The second-order valence-corrected chi connectivity index (χ2v) is 6.40. The van der Waals surface area contributed by atoms with Gasteiger partial charge in [-0.2, -0.15) is 0 Å². The maximum Gasteiger partial charge on any atom is 0.344 e. The fourth-order valence-electron chi connectivity index (χ4n) is 2.28. The molecule has 0 saturated heterocycles. The minimum Gasteiger partial charge on any atom is -0.328 e. The van der Waals surface area contributed by atoms with Gasteiger partial charge in [-0.1, -0.05) is 12.1 Å². The number of nitrogens with two attached hydrogens (primary N) is 1. The molecule has 2 aromatic rings. The number of benzene rings is 1. The lowest BCUT2D eigenvalue weighted by Crippen LogP contribution is -2.18. The summed E-state index contributed by atoms with van der Waals surface area (Å²) in [7, 11) is 0. The number of nitrogens with zero attached hydrogens (tertiary/aromatic N) is 2. The minimum absolute atomic E-state index is 0.0593. The Morgan fingerprint density at radius 3 is 3.00 bits per heavy atom. The zero-order chi connectivity index (χ0) is 15.0. The van der Waals surface area contributed by atoms with Gasteiger partial charge < -0.3 is 5.73 Å². The van der Waals surface area contributed by atoms with Crippen molar-refractivity contribution in [1.29, 1.82) is 0 Å². The number of aromatic amines is 1. The van der Waals surface area contributed by atoms with E-state index < -0.39 is 0 Å². The quantitative estimate of drug-likeness (QED) is 0.886. The first-order chi connectivity index (χ1) is 10.1. The number of nitrogens with one attached hydrogen (secondary N) is 1. The summed E-state index contributed by atoms with van der Waals surface area (Å²) in [5.74, 6) is -0.309. The highest BCUT2D eigenvalue weighted by Crippen LogP contribution is 2.39. The molecule has 1 fully saturated rings. The molecular formula is C14H17FN4OS. The SMILES string of the molecule is CC(N)Cc1cccc(F)c1Sc1n[nH]c(=O)n1C1CC1. The lowest BCUT2D eigenvalue weighted by atomic mass is 10.1. The summed E-state index contributed by atoms with van der Waals surface area (Å²) in [5, 5.41) is 6.98.